The van der Waals surface area contributed by atoms with Gasteiger partial charge in [-0.25, -0.2) is 4.79 Å². The van der Waals surface area contributed by atoms with Crippen LogP contribution >= 0.6 is 0 Å². The third-order valence-corrected chi connectivity index (χ3v) is 5.74. The molecular formula is C25H29N3O2. The summed E-state index contributed by atoms with van der Waals surface area (Å²) in [5.74, 6) is 0.650. The summed E-state index contributed by atoms with van der Waals surface area (Å²) in [5.41, 5.74) is 4.28. The molecule has 2 heterocycles. The molecule has 0 spiro atoms. The number of hydrogen-bond donors (Lipinski definition) is 1. The van der Waals surface area contributed by atoms with E-state index in [0.29, 0.717) is 18.0 Å². The zero-order chi connectivity index (χ0) is 21.3. The van der Waals surface area contributed by atoms with Crippen molar-refractivity contribution in [1.82, 2.24) is 9.47 Å². The molecule has 1 aliphatic heterocycles. The Hall–Kier alpha value is -3.21. The molecule has 2 aromatic carbocycles. The van der Waals surface area contributed by atoms with Gasteiger partial charge in [0.25, 0.3) is 0 Å². The number of nitrogens with one attached hydrogen (secondary N) is 1. The van der Waals surface area contributed by atoms with Crippen LogP contribution in [0.2, 0.25) is 0 Å². The molecule has 1 unspecified atom stereocenters. The van der Waals surface area contributed by atoms with Crippen LogP contribution in [-0.4, -0.2) is 29.2 Å². The fourth-order valence-electron chi connectivity index (χ4n) is 4.05. The minimum Gasteiger partial charge on any atom is -0.495 e. The number of carbonyl (C=O) groups excluding carboxylic acids is 1. The average molecular weight is 404 g/mol. The Morgan fingerprint density at radius 3 is 2.43 bits per heavy atom. The molecule has 1 atom stereocenters. The van der Waals surface area contributed by atoms with Crippen molar-refractivity contribution in [3.63, 3.8) is 0 Å². The lowest BCUT2D eigenvalue weighted by Crippen LogP contribution is -2.44. The van der Waals surface area contributed by atoms with Crippen molar-refractivity contribution in [1.29, 1.82) is 0 Å². The predicted octanol–water partition coefficient (Wildman–Crippen LogP) is 5.43. The minimum absolute atomic E-state index is 0.0895. The first-order valence-electron chi connectivity index (χ1n) is 10.3. The van der Waals surface area contributed by atoms with Crippen molar-refractivity contribution in [3.05, 3.63) is 83.7 Å². The largest absolute Gasteiger partial charge is 0.495 e. The second kappa shape index (κ2) is 7.90. The lowest BCUT2D eigenvalue weighted by Gasteiger charge is -2.37. The molecule has 0 bridgehead atoms. The normalized spacial score (nSPS) is 16.1. The van der Waals surface area contributed by atoms with E-state index in [1.165, 1.54) is 5.56 Å². The number of carbonyl (C=O) groups is 1. The van der Waals surface area contributed by atoms with Crippen molar-refractivity contribution in [2.24, 2.45) is 0 Å². The number of fused-ring (bicyclic) bond motifs is 1. The van der Waals surface area contributed by atoms with E-state index < -0.39 is 0 Å². The molecule has 4 rings (SSSR count). The highest BCUT2D eigenvalue weighted by Gasteiger charge is 2.32. The van der Waals surface area contributed by atoms with E-state index in [1.807, 2.05) is 35.2 Å². The first-order valence-corrected chi connectivity index (χ1v) is 10.3. The third-order valence-electron chi connectivity index (χ3n) is 5.74. The Labute approximate surface area is 178 Å². The number of rotatable bonds is 3. The molecule has 0 saturated heterocycles. The smallest absolute Gasteiger partial charge is 0.322 e. The van der Waals surface area contributed by atoms with Gasteiger partial charge in [0.15, 0.2) is 0 Å². The number of hydrogen-bond acceptors (Lipinski definition) is 2. The van der Waals surface area contributed by atoms with Gasteiger partial charge in [-0.05, 0) is 40.8 Å². The van der Waals surface area contributed by atoms with Gasteiger partial charge in [0, 0.05) is 25.0 Å². The maximum atomic E-state index is 13.3. The van der Waals surface area contributed by atoms with Gasteiger partial charge in [-0.2, -0.15) is 0 Å². The van der Waals surface area contributed by atoms with Crippen LogP contribution in [0.4, 0.5) is 10.5 Å². The zero-order valence-electron chi connectivity index (χ0n) is 18.1. The van der Waals surface area contributed by atoms with E-state index in [1.54, 1.807) is 7.11 Å². The summed E-state index contributed by atoms with van der Waals surface area (Å²) < 4.78 is 7.63. The summed E-state index contributed by atoms with van der Waals surface area (Å²) in [6.07, 6.45) is 2.08. The van der Waals surface area contributed by atoms with E-state index in [-0.39, 0.29) is 17.5 Å². The summed E-state index contributed by atoms with van der Waals surface area (Å²) in [7, 11) is 1.61. The Morgan fingerprint density at radius 1 is 1.00 bits per heavy atom. The zero-order valence-corrected chi connectivity index (χ0v) is 18.1. The van der Waals surface area contributed by atoms with Crippen LogP contribution in [0.15, 0.2) is 66.9 Å². The Morgan fingerprint density at radius 2 is 1.73 bits per heavy atom. The van der Waals surface area contributed by atoms with Crippen molar-refractivity contribution >= 4 is 11.7 Å². The summed E-state index contributed by atoms with van der Waals surface area (Å²) in [6.45, 7) is 8.04. The number of benzene rings is 2. The number of aromatic nitrogens is 1. The molecule has 1 aliphatic rings. The van der Waals surface area contributed by atoms with E-state index in [2.05, 4.69) is 67.2 Å². The predicted molar refractivity (Wildman–Crippen MR) is 120 cm³/mol. The number of anilines is 1. The van der Waals surface area contributed by atoms with E-state index in [0.717, 1.165) is 17.8 Å². The quantitative estimate of drug-likeness (QED) is 0.634. The molecule has 5 nitrogen and oxygen atoms in total. The molecule has 1 N–H and O–H groups in total. The molecule has 156 valence electrons. The lowest BCUT2D eigenvalue weighted by atomic mass is 9.86. The molecule has 3 aromatic rings. The first-order chi connectivity index (χ1) is 14.4. The molecule has 0 saturated carbocycles. The summed E-state index contributed by atoms with van der Waals surface area (Å²) >= 11 is 0. The van der Waals surface area contributed by atoms with Crippen molar-refractivity contribution in [2.45, 2.75) is 38.8 Å². The molecular weight excluding hydrogens is 374 g/mol. The number of para-hydroxylation sites is 2. The van der Waals surface area contributed by atoms with E-state index in [9.17, 15) is 4.79 Å². The maximum Gasteiger partial charge on any atom is 0.322 e. The van der Waals surface area contributed by atoms with Crippen LogP contribution in [0.1, 0.15) is 43.6 Å². The SMILES string of the molecule is COc1ccccc1NC(=O)N1CCn2cccc2C1c1ccc(C(C)(C)C)cc1. The Balaban J connectivity index is 1.67. The third kappa shape index (κ3) is 3.80. The van der Waals surface area contributed by atoms with Gasteiger partial charge in [0.05, 0.1) is 18.8 Å². The molecule has 0 radical (unpaired) electrons. The van der Waals surface area contributed by atoms with Gasteiger partial charge in [0.2, 0.25) is 0 Å². The highest BCUT2D eigenvalue weighted by atomic mass is 16.5. The number of amides is 2. The fourth-order valence-corrected chi connectivity index (χ4v) is 4.05. The Kier molecular flexibility index (Phi) is 5.29. The molecule has 0 fully saturated rings. The molecule has 30 heavy (non-hydrogen) atoms. The van der Waals surface area contributed by atoms with Crippen molar-refractivity contribution in [3.8, 4) is 5.75 Å². The second-order valence-corrected chi connectivity index (χ2v) is 8.72. The standard InChI is InChI=1S/C25H29N3O2/c1-25(2,3)19-13-11-18(12-14-19)23-21-9-7-15-27(21)16-17-28(23)24(29)26-20-8-5-6-10-22(20)30-4/h5-15,23H,16-17H2,1-4H3,(H,26,29). The van der Waals surface area contributed by atoms with Gasteiger partial charge in [-0.3, -0.25) is 0 Å². The molecule has 1 aromatic heterocycles. The van der Waals surface area contributed by atoms with Crippen LogP contribution in [0.25, 0.3) is 0 Å². The highest BCUT2D eigenvalue weighted by Crippen LogP contribution is 2.35. The van der Waals surface area contributed by atoms with E-state index >= 15 is 0 Å². The van der Waals surface area contributed by atoms with Gasteiger partial charge in [0.1, 0.15) is 5.75 Å². The summed E-state index contributed by atoms with van der Waals surface area (Å²) in [6, 6.07) is 20.0. The van der Waals surface area contributed by atoms with E-state index in [4.69, 9.17) is 4.74 Å². The summed E-state index contributed by atoms with van der Waals surface area (Å²) in [5, 5.41) is 3.04. The van der Waals surface area contributed by atoms with Crippen LogP contribution in [-0.2, 0) is 12.0 Å². The monoisotopic (exact) mass is 403 g/mol. The average Bonchev–Trinajstić information content (AvgIpc) is 3.21. The Bertz CT molecular complexity index is 1030. The minimum atomic E-state index is -0.141. The highest BCUT2D eigenvalue weighted by molar-refractivity contribution is 5.91. The lowest BCUT2D eigenvalue weighted by molar-refractivity contribution is 0.181. The summed E-state index contributed by atoms with van der Waals surface area (Å²) in [4.78, 5) is 15.2. The second-order valence-electron chi connectivity index (χ2n) is 8.72. The van der Waals surface area contributed by atoms with Crippen LogP contribution in [0.3, 0.4) is 0 Å². The van der Waals surface area contributed by atoms with Gasteiger partial charge < -0.3 is 19.5 Å². The van der Waals surface area contributed by atoms with Gasteiger partial charge in [-0.1, -0.05) is 57.2 Å². The van der Waals surface area contributed by atoms with Crippen LogP contribution in [0, 0.1) is 0 Å². The van der Waals surface area contributed by atoms with Crippen LogP contribution < -0.4 is 10.1 Å². The molecule has 2 amide bonds. The first kappa shape index (κ1) is 20.1. The number of methoxy groups -OCH3 is 1. The van der Waals surface area contributed by atoms with Crippen molar-refractivity contribution in [2.75, 3.05) is 19.0 Å². The molecule has 5 heteroatoms. The van der Waals surface area contributed by atoms with Gasteiger partial charge in [-0.15, -0.1) is 0 Å². The number of urea groups is 1. The van der Waals surface area contributed by atoms with Crippen molar-refractivity contribution < 1.29 is 9.53 Å². The topological polar surface area (TPSA) is 46.5 Å². The number of nitrogens with zero attached hydrogens (tertiary/aromatic N) is 2. The fraction of sp³-hybridized carbons (Fsp3) is 0.320. The van der Waals surface area contributed by atoms with Gasteiger partial charge >= 0.3 is 6.03 Å². The maximum absolute atomic E-state index is 13.3. The molecule has 0 aliphatic carbocycles. The van der Waals surface area contributed by atoms with Crippen LogP contribution in [0.5, 0.6) is 5.75 Å². The number of ether oxygens (including phenoxy) is 1.